The van der Waals surface area contributed by atoms with E-state index < -0.39 is 5.97 Å². The fourth-order valence-electron chi connectivity index (χ4n) is 2.54. The molecule has 0 amide bonds. The number of unbranched alkanes of at least 4 members (excludes halogenated alkanes) is 4. The average Bonchev–Trinajstić information content (AvgIpc) is 2.69. The van der Waals surface area contributed by atoms with E-state index >= 15 is 0 Å². The monoisotopic (exact) mass is 480 g/mol. The summed E-state index contributed by atoms with van der Waals surface area (Å²) in [5.74, 6) is -0.769. The number of halogens is 1. The summed E-state index contributed by atoms with van der Waals surface area (Å²) in [4.78, 5) is 24.2. The van der Waals surface area contributed by atoms with Crippen LogP contribution in [0.3, 0.4) is 0 Å². The highest BCUT2D eigenvalue weighted by Crippen LogP contribution is 2.14. The van der Waals surface area contributed by atoms with Crippen molar-refractivity contribution in [2.24, 2.45) is 0 Å². The van der Waals surface area contributed by atoms with Gasteiger partial charge in [-0.3, -0.25) is 0 Å². The average molecular weight is 480 g/mol. The lowest BCUT2D eigenvalue weighted by molar-refractivity contribution is 0.0465. The minimum atomic E-state index is -0.412. The number of esters is 2. The van der Waals surface area contributed by atoms with E-state index in [-0.39, 0.29) is 12.6 Å². The Morgan fingerprint density at radius 2 is 1.41 bits per heavy atom. The molecule has 0 spiro atoms. The summed E-state index contributed by atoms with van der Waals surface area (Å²) in [6, 6.07) is 14.1. The van der Waals surface area contributed by atoms with Crippen LogP contribution in [0.1, 0.15) is 65.3 Å². The van der Waals surface area contributed by atoms with Crippen molar-refractivity contribution in [3.05, 3.63) is 68.8 Å². The first-order valence-corrected chi connectivity index (χ1v) is 10.4. The normalized spacial score (nSPS) is 10.4. The Kier molecular flexibility index (Phi) is 9.31. The highest BCUT2D eigenvalue weighted by molar-refractivity contribution is 14.1. The Hall–Kier alpha value is -1.89. The molecule has 0 aromatic heterocycles. The van der Waals surface area contributed by atoms with Gasteiger partial charge >= 0.3 is 11.9 Å². The van der Waals surface area contributed by atoms with E-state index in [0.29, 0.717) is 17.7 Å². The topological polar surface area (TPSA) is 52.6 Å². The number of benzene rings is 2. The zero-order chi connectivity index (χ0) is 19.5. The molecule has 0 aliphatic rings. The maximum Gasteiger partial charge on any atom is 0.338 e. The molecule has 5 heteroatoms. The summed E-state index contributed by atoms with van der Waals surface area (Å²) in [6.07, 6.45) is 5.54. The van der Waals surface area contributed by atoms with Gasteiger partial charge in [-0.05, 0) is 59.3 Å². The summed E-state index contributed by atoms with van der Waals surface area (Å²) >= 11 is 2.21. The molecule has 0 aliphatic heterocycles. The minimum absolute atomic E-state index is 0.222. The Labute approximate surface area is 174 Å². The van der Waals surface area contributed by atoms with Gasteiger partial charge in [0.15, 0.2) is 0 Å². The number of ether oxygens (including phenoxy) is 2. The van der Waals surface area contributed by atoms with Crippen molar-refractivity contribution in [3.8, 4) is 0 Å². The molecular formula is C22H25IO4. The van der Waals surface area contributed by atoms with E-state index in [2.05, 4.69) is 29.5 Å². The molecule has 2 aromatic rings. The molecule has 27 heavy (non-hydrogen) atoms. The van der Waals surface area contributed by atoms with Gasteiger partial charge in [0.2, 0.25) is 0 Å². The highest BCUT2D eigenvalue weighted by Gasteiger charge is 2.11. The molecule has 144 valence electrons. The molecule has 0 heterocycles. The predicted octanol–water partition coefficient (Wildman–Crippen LogP) is 5.78. The van der Waals surface area contributed by atoms with Crippen LogP contribution >= 0.6 is 22.6 Å². The second kappa shape index (κ2) is 11.7. The Morgan fingerprint density at radius 3 is 2.04 bits per heavy atom. The van der Waals surface area contributed by atoms with Crippen molar-refractivity contribution in [1.29, 1.82) is 0 Å². The van der Waals surface area contributed by atoms with Gasteiger partial charge in [0.1, 0.15) is 6.61 Å². The first-order chi connectivity index (χ1) is 13.1. The number of carbonyl (C=O) groups excluding carboxylic acids is 2. The molecule has 0 atom stereocenters. The van der Waals surface area contributed by atoms with E-state index in [9.17, 15) is 9.59 Å². The second-order valence-electron chi connectivity index (χ2n) is 6.30. The molecule has 0 N–H and O–H groups in total. The Morgan fingerprint density at radius 1 is 0.815 bits per heavy atom. The lowest BCUT2D eigenvalue weighted by atomic mass is 10.1. The first kappa shape index (κ1) is 21.4. The third-order valence-corrected chi connectivity index (χ3v) is 5.21. The summed E-state index contributed by atoms with van der Waals surface area (Å²) in [6.45, 7) is 2.82. The molecule has 4 nitrogen and oxygen atoms in total. The summed E-state index contributed by atoms with van der Waals surface area (Å²) < 4.78 is 11.7. The molecule has 0 unspecified atom stereocenters. The highest BCUT2D eigenvalue weighted by atomic mass is 127. The van der Waals surface area contributed by atoms with Crippen LogP contribution in [-0.2, 0) is 16.1 Å². The van der Waals surface area contributed by atoms with E-state index in [1.807, 2.05) is 24.3 Å². The summed E-state index contributed by atoms with van der Waals surface area (Å²) in [7, 11) is 0. The maximum atomic E-state index is 12.2. The quantitative estimate of drug-likeness (QED) is 0.246. The zero-order valence-electron chi connectivity index (χ0n) is 15.6. The van der Waals surface area contributed by atoms with Gasteiger partial charge in [-0.2, -0.15) is 0 Å². The lowest BCUT2D eigenvalue weighted by Crippen LogP contribution is -2.09. The maximum absolute atomic E-state index is 12.2. The predicted molar refractivity (Wildman–Crippen MR) is 114 cm³/mol. The lowest BCUT2D eigenvalue weighted by Gasteiger charge is -2.08. The molecule has 0 saturated carbocycles. The first-order valence-electron chi connectivity index (χ1n) is 9.29. The largest absolute Gasteiger partial charge is 0.462 e. The van der Waals surface area contributed by atoms with E-state index in [1.54, 1.807) is 24.3 Å². The molecule has 0 saturated heterocycles. The van der Waals surface area contributed by atoms with Crippen LogP contribution in [0.25, 0.3) is 0 Å². The van der Waals surface area contributed by atoms with Gasteiger partial charge in [-0.1, -0.05) is 50.8 Å². The number of rotatable bonds is 10. The van der Waals surface area contributed by atoms with Gasteiger partial charge in [-0.15, -0.1) is 0 Å². The third-order valence-electron chi connectivity index (χ3n) is 4.15. The molecule has 0 fully saturated rings. The van der Waals surface area contributed by atoms with Crippen molar-refractivity contribution in [1.82, 2.24) is 0 Å². The fraction of sp³-hybridized carbons (Fsp3) is 0.364. The molecule has 0 radical (unpaired) electrons. The van der Waals surface area contributed by atoms with Crippen LogP contribution in [0.5, 0.6) is 0 Å². The Bertz CT molecular complexity index is 740. The molecule has 2 rings (SSSR count). The number of carbonyl (C=O) groups is 2. The van der Waals surface area contributed by atoms with Crippen LogP contribution in [0.2, 0.25) is 0 Å². The van der Waals surface area contributed by atoms with Crippen LogP contribution in [0, 0.1) is 3.57 Å². The third kappa shape index (κ3) is 7.33. The number of hydrogen-bond donors (Lipinski definition) is 0. The molecule has 0 bridgehead atoms. The van der Waals surface area contributed by atoms with Gasteiger partial charge in [0.25, 0.3) is 0 Å². The van der Waals surface area contributed by atoms with E-state index in [0.717, 1.165) is 22.0 Å². The summed E-state index contributed by atoms with van der Waals surface area (Å²) in [5, 5.41) is 0. The minimum Gasteiger partial charge on any atom is -0.462 e. The Balaban J connectivity index is 1.79. The van der Waals surface area contributed by atoms with E-state index in [4.69, 9.17) is 9.47 Å². The second-order valence-corrected chi connectivity index (χ2v) is 7.46. The van der Waals surface area contributed by atoms with Crippen LogP contribution in [0.15, 0.2) is 48.5 Å². The molecular weight excluding hydrogens is 455 g/mol. The SMILES string of the molecule is CCCCCCCOC(=O)c1ccc(C(=O)OCc2ccccc2I)cc1. The van der Waals surface area contributed by atoms with Crippen LogP contribution in [0.4, 0.5) is 0 Å². The van der Waals surface area contributed by atoms with Crippen molar-refractivity contribution < 1.29 is 19.1 Å². The van der Waals surface area contributed by atoms with E-state index in [1.165, 1.54) is 19.3 Å². The van der Waals surface area contributed by atoms with Crippen molar-refractivity contribution >= 4 is 34.5 Å². The van der Waals surface area contributed by atoms with Gasteiger partial charge < -0.3 is 9.47 Å². The standard InChI is InChI=1S/C22H25IO4/c1-2-3-4-5-8-15-26-21(24)17-11-13-18(14-12-17)22(25)27-16-19-9-6-7-10-20(19)23/h6-7,9-14H,2-5,8,15-16H2,1H3. The van der Waals surface area contributed by atoms with Gasteiger partial charge in [0.05, 0.1) is 17.7 Å². The van der Waals surface area contributed by atoms with Gasteiger partial charge in [0, 0.05) is 9.13 Å². The summed E-state index contributed by atoms with van der Waals surface area (Å²) in [5.41, 5.74) is 1.82. The van der Waals surface area contributed by atoms with Crippen LogP contribution in [-0.4, -0.2) is 18.5 Å². The van der Waals surface area contributed by atoms with Crippen molar-refractivity contribution in [2.45, 2.75) is 45.6 Å². The van der Waals surface area contributed by atoms with Gasteiger partial charge in [-0.25, -0.2) is 9.59 Å². The molecule has 2 aromatic carbocycles. The molecule has 0 aliphatic carbocycles. The smallest absolute Gasteiger partial charge is 0.338 e. The number of hydrogen-bond acceptors (Lipinski definition) is 4. The van der Waals surface area contributed by atoms with Crippen molar-refractivity contribution in [2.75, 3.05) is 6.61 Å². The van der Waals surface area contributed by atoms with Crippen molar-refractivity contribution in [3.63, 3.8) is 0 Å². The fourth-order valence-corrected chi connectivity index (χ4v) is 3.08. The zero-order valence-corrected chi connectivity index (χ0v) is 17.7. The van der Waals surface area contributed by atoms with Crippen LogP contribution < -0.4 is 0 Å².